The molecule has 0 saturated carbocycles. The second kappa shape index (κ2) is 7.31. The van der Waals surface area contributed by atoms with Crippen LogP contribution in [0.1, 0.15) is 5.56 Å². The molecule has 2 aromatic rings. The molecule has 2 rings (SSSR count). The molecule has 0 aliphatic heterocycles. The number of rotatable bonds is 5. The van der Waals surface area contributed by atoms with Crippen LogP contribution < -0.4 is 9.46 Å². The van der Waals surface area contributed by atoms with E-state index in [0.29, 0.717) is 17.0 Å². The lowest BCUT2D eigenvalue weighted by molar-refractivity contribution is 0.414. The highest BCUT2D eigenvalue weighted by Crippen LogP contribution is 2.23. The molecule has 0 aliphatic carbocycles. The Balaban J connectivity index is 2.37. The van der Waals surface area contributed by atoms with Gasteiger partial charge >= 0.3 is 0 Å². The molecule has 0 aromatic heterocycles. The number of para-hydroxylation sites is 1. The number of nitrogens with zero attached hydrogens (tertiary/aromatic N) is 1. The minimum atomic E-state index is -3.98. The van der Waals surface area contributed by atoms with Gasteiger partial charge in [-0.1, -0.05) is 34.1 Å². The van der Waals surface area contributed by atoms with Crippen molar-refractivity contribution < 1.29 is 13.2 Å². The highest BCUT2D eigenvalue weighted by molar-refractivity contribution is 9.10. The fraction of sp³-hybridized carbons (Fsp3) is 0.0625. The molecule has 0 spiro atoms. The number of methoxy groups -OCH3 is 1. The summed E-state index contributed by atoms with van der Waals surface area (Å²) in [4.78, 5) is -0.398. The van der Waals surface area contributed by atoms with Crippen molar-refractivity contribution in [2.24, 2.45) is 0 Å². The standard InChI is InChI=1S/C16H13BrN2O3S/c1-22-16-5-3-2-4-12(16)10-15(11-18)23(20,21)19-14-8-6-13(17)7-9-14/h2-10,19H,1H3/b15-10-. The van der Waals surface area contributed by atoms with Gasteiger partial charge in [0.15, 0.2) is 4.91 Å². The molecule has 2 aromatic carbocycles. The predicted octanol–water partition coefficient (Wildman–Crippen LogP) is 3.76. The summed E-state index contributed by atoms with van der Waals surface area (Å²) in [7, 11) is -2.50. The van der Waals surface area contributed by atoms with Crippen molar-refractivity contribution in [1.82, 2.24) is 0 Å². The number of allylic oxidation sites excluding steroid dienone is 1. The van der Waals surface area contributed by atoms with Gasteiger partial charge in [-0.05, 0) is 36.4 Å². The number of benzene rings is 2. The van der Waals surface area contributed by atoms with Gasteiger partial charge in [0.2, 0.25) is 0 Å². The van der Waals surface area contributed by atoms with Crippen LogP contribution in [0.5, 0.6) is 5.75 Å². The van der Waals surface area contributed by atoms with Crippen LogP contribution >= 0.6 is 15.9 Å². The Morgan fingerprint density at radius 3 is 2.48 bits per heavy atom. The third-order valence-electron chi connectivity index (χ3n) is 2.92. The molecule has 0 bridgehead atoms. The van der Waals surface area contributed by atoms with E-state index in [1.54, 1.807) is 54.6 Å². The van der Waals surface area contributed by atoms with Crippen LogP contribution in [0.3, 0.4) is 0 Å². The number of anilines is 1. The van der Waals surface area contributed by atoms with E-state index in [4.69, 9.17) is 4.74 Å². The van der Waals surface area contributed by atoms with E-state index < -0.39 is 14.9 Å². The lowest BCUT2D eigenvalue weighted by atomic mass is 10.2. The van der Waals surface area contributed by atoms with Gasteiger partial charge in [0.25, 0.3) is 10.0 Å². The molecule has 0 heterocycles. The summed E-state index contributed by atoms with van der Waals surface area (Å²) in [6, 6.07) is 15.2. The molecular weight excluding hydrogens is 380 g/mol. The minimum absolute atomic E-state index is 0.370. The quantitative estimate of drug-likeness (QED) is 0.785. The molecule has 1 N–H and O–H groups in total. The molecule has 0 radical (unpaired) electrons. The van der Waals surface area contributed by atoms with E-state index in [0.717, 1.165) is 4.47 Å². The number of hydrogen-bond donors (Lipinski definition) is 1. The molecule has 118 valence electrons. The summed E-state index contributed by atoms with van der Waals surface area (Å²) >= 11 is 3.27. The van der Waals surface area contributed by atoms with Gasteiger partial charge in [-0.25, -0.2) is 8.42 Å². The molecule has 0 unspecified atom stereocenters. The van der Waals surface area contributed by atoms with Crippen molar-refractivity contribution in [2.45, 2.75) is 0 Å². The zero-order valence-electron chi connectivity index (χ0n) is 12.2. The second-order valence-corrected chi connectivity index (χ2v) is 7.04. The maximum atomic E-state index is 12.4. The van der Waals surface area contributed by atoms with Crippen LogP contribution in [0.15, 0.2) is 57.9 Å². The van der Waals surface area contributed by atoms with Crippen LogP contribution in [-0.4, -0.2) is 15.5 Å². The van der Waals surface area contributed by atoms with E-state index in [1.165, 1.54) is 13.2 Å². The molecule has 5 nitrogen and oxygen atoms in total. The van der Waals surface area contributed by atoms with Gasteiger partial charge in [0, 0.05) is 15.7 Å². The molecular formula is C16H13BrN2O3S. The monoisotopic (exact) mass is 392 g/mol. The predicted molar refractivity (Wildman–Crippen MR) is 93.3 cm³/mol. The molecule has 0 amide bonds. The first kappa shape index (κ1) is 17.1. The topological polar surface area (TPSA) is 79.2 Å². The van der Waals surface area contributed by atoms with Crippen LogP contribution in [-0.2, 0) is 10.0 Å². The van der Waals surface area contributed by atoms with Crippen molar-refractivity contribution in [2.75, 3.05) is 11.8 Å². The maximum absolute atomic E-state index is 12.4. The molecule has 0 saturated heterocycles. The van der Waals surface area contributed by atoms with Crippen LogP contribution in [0, 0.1) is 11.3 Å². The average Bonchev–Trinajstić information content (AvgIpc) is 2.54. The van der Waals surface area contributed by atoms with Gasteiger partial charge in [-0.15, -0.1) is 0 Å². The Morgan fingerprint density at radius 2 is 1.87 bits per heavy atom. The smallest absolute Gasteiger partial charge is 0.272 e. The molecule has 23 heavy (non-hydrogen) atoms. The van der Waals surface area contributed by atoms with Gasteiger partial charge < -0.3 is 4.74 Å². The van der Waals surface area contributed by atoms with Crippen molar-refractivity contribution in [3.63, 3.8) is 0 Å². The zero-order chi connectivity index (χ0) is 16.9. The maximum Gasteiger partial charge on any atom is 0.272 e. The van der Waals surface area contributed by atoms with Crippen LogP contribution in [0.4, 0.5) is 5.69 Å². The summed E-state index contributed by atoms with van der Waals surface area (Å²) in [5.41, 5.74) is 0.877. The fourth-order valence-electron chi connectivity index (χ4n) is 1.82. The van der Waals surface area contributed by atoms with Crippen LogP contribution in [0.25, 0.3) is 6.08 Å². The lowest BCUT2D eigenvalue weighted by Gasteiger charge is -2.08. The van der Waals surface area contributed by atoms with E-state index >= 15 is 0 Å². The summed E-state index contributed by atoms with van der Waals surface area (Å²) in [6.07, 6.45) is 1.28. The first-order chi connectivity index (χ1) is 11.0. The Morgan fingerprint density at radius 1 is 1.22 bits per heavy atom. The Labute approximate surface area is 143 Å². The van der Waals surface area contributed by atoms with Gasteiger partial charge in [0.1, 0.15) is 11.8 Å². The minimum Gasteiger partial charge on any atom is -0.496 e. The Hall–Kier alpha value is -2.30. The zero-order valence-corrected chi connectivity index (χ0v) is 14.6. The first-order valence-electron chi connectivity index (χ1n) is 6.49. The van der Waals surface area contributed by atoms with Crippen molar-refractivity contribution in [3.8, 4) is 11.8 Å². The lowest BCUT2D eigenvalue weighted by Crippen LogP contribution is -2.14. The second-order valence-electron chi connectivity index (χ2n) is 4.47. The van der Waals surface area contributed by atoms with Gasteiger partial charge in [0.05, 0.1) is 7.11 Å². The fourth-order valence-corrected chi connectivity index (χ4v) is 3.05. The first-order valence-corrected chi connectivity index (χ1v) is 8.77. The molecule has 0 fully saturated rings. The van der Waals surface area contributed by atoms with Crippen molar-refractivity contribution in [3.05, 3.63) is 63.5 Å². The Bertz CT molecular complexity index is 869. The van der Waals surface area contributed by atoms with Crippen molar-refractivity contribution in [1.29, 1.82) is 5.26 Å². The number of ether oxygens (including phenoxy) is 1. The van der Waals surface area contributed by atoms with E-state index in [-0.39, 0.29) is 0 Å². The number of halogens is 1. The summed E-state index contributed by atoms with van der Waals surface area (Å²) in [6.45, 7) is 0. The SMILES string of the molecule is COc1ccccc1/C=C(/C#N)S(=O)(=O)Nc1ccc(Br)cc1. The van der Waals surface area contributed by atoms with E-state index in [1.807, 2.05) is 0 Å². The highest BCUT2D eigenvalue weighted by atomic mass is 79.9. The normalized spacial score (nSPS) is 11.6. The van der Waals surface area contributed by atoms with Crippen molar-refractivity contribution >= 4 is 37.7 Å². The van der Waals surface area contributed by atoms with E-state index in [9.17, 15) is 13.7 Å². The molecule has 0 atom stereocenters. The molecule has 0 aliphatic rings. The van der Waals surface area contributed by atoms with Gasteiger partial charge in [-0.2, -0.15) is 5.26 Å². The number of sulfonamides is 1. The summed E-state index contributed by atoms with van der Waals surface area (Å²) in [5, 5.41) is 9.22. The molecule has 7 heteroatoms. The number of hydrogen-bond acceptors (Lipinski definition) is 4. The van der Waals surface area contributed by atoms with Gasteiger partial charge in [-0.3, -0.25) is 4.72 Å². The average molecular weight is 393 g/mol. The third kappa shape index (κ3) is 4.34. The largest absolute Gasteiger partial charge is 0.496 e. The summed E-state index contributed by atoms with van der Waals surface area (Å²) in [5.74, 6) is 0.485. The Kier molecular flexibility index (Phi) is 5.42. The number of nitrogens with one attached hydrogen (secondary N) is 1. The summed E-state index contributed by atoms with van der Waals surface area (Å²) < 4.78 is 33.1. The third-order valence-corrected chi connectivity index (χ3v) is 4.74. The highest BCUT2D eigenvalue weighted by Gasteiger charge is 2.18. The van der Waals surface area contributed by atoms with E-state index in [2.05, 4.69) is 20.7 Å². The van der Waals surface area contributed by atoms with Crippen LogP contribution in [0.2, 0.25) is 0 Å². The number of nitriles is 1.